The minimum atomic E-state index is -0.0604. The topological polar surface area (TPSA) is 29.1 Å². The quantitative estimate of drug-likeness (QED) is 0.725. The summed E-state index contributed by atoms with van der Waals surface area (Å²) in [6, 6.07) is 20.0. The first-order valence-electron chi connectivity index (χ1n) is 7.57. The van der Waals surface area contributed by atoms with Crippen LogP contribution in [0.25, 0.3) is 10.8 Å². The van der Waals surface area contributed by atoms with Crippen molar-refractivity contribution in [1.82, 2.24) is 0 Å². The Morgan fingerprint density at radius 3 is 2.50 bits per heavy atom. The van der Waals surface area contributed by atoms with Crippen LogP contribution in [0.3, 0.4) is 0 Å². The summed E-state index contributed by atoms with van der Waals surface area (Å²) in [6.45, 7) is 4.12. The molecule has 0 heterocycles. The second-order valence-corrected chi connectivity index (χ2v) is 5.48. The SMILES string of the molecule is CCc1cccc(C)c1NC(=O)c1ccc2ccccc2c1. The van der Waals surface area contributed by atoms with Crippen molar-refractivity contribution in [2.75, 3.05) is 5.32 Å². The largest absolute Gasteiger partial charge is 0.321 e. The molecule has 0 fully saturated rings. The smallest absolute Gasteiger partial charge is 0.255 e. The zero-order valence-electron chi connectivity index (χ0n) is 12.9. The van der Waals surface area contributed by atoms with Crippen LogP contribution in [0.4, 0.5) is 5.69 Å². The van der Waals surface area contributed by atoms with Gasteiger partial charge in [0.2, 0.25) is 0 Å². The Morgan fingerprint density at radius 2 is 1.73 bits per heavy atom. The van der Waals surface area contributed by atoms with Crippen molar-refractivity contribution in [2.24, 2.45) is 0 Å². The highest BCUT2D eigenvalue weighted by atomic mass is 16.1. The predicted octanol–water partition coefficient (Wildman–Crippen LogP) is 4.96. The van der Waals surface area contributed by atoms with Gasteiger partial charge in [-0.05, 0) is 47.4 Å². The highest BCUT2D eigenvalue weighted by molar-refractivity contribution is 6.07. The lowest BCUT2D eigenvalue weighted by molar-refractivity contribution is 0.102. The van der Waals surface area contributed by atoms with Gasteiger partial charge in [-0.15, -0.1) is 0 Å². The van der Waals surface area contributed by atoms with Gasteiger partial charge in [0.05, 0.1) is 0 Å². The maximum absolute atomic E-state index is 12.6. The summed E-state index contributed by atoms with van der Waals surface area (Å²) in [4.78, 5) is 12.6. The van der Waals surface area contributed by atoms with Crippen LogP contribution in [-0.2, 0) is 6.42 Å². The van der Waals surface area contributed by atoms with Gasteiger partial charge in [-0.3, -0.25) is 4.79 Å². The van der Waals surface area contributed by atoms with Crippen molar-refractivity contribution in [1.29, 1.82) is 0 Å². The molecule has 0 saturated carbocycles. The van der Waals surface area contributed by atoms with Crippen molar-refractivity contribution >= 4 is 22.4 Å². The summed E-state index contributed by atoms with van der Waals surface area (Å²) in [7, 11) is 0. The Balaban J connectivity index is 1.93. The van der Waals surface area contributed by atoms with Crippen molar-refractivity contribution in [3.8, 4) is 0 Å². The third kappa shape index (κ3) is 2.73. The van der Waals surface area contributed by atoms with E-state index in [9.17, 15) is 4.79 Å². The normalized spacial score (nSPS) is 10.6. The minimum Gasteiger partial charge on any atom is -0.321 e. The number of hydrogen-bond acceptors (Lipinski definition) is 1. The summed E-state index contributed by atoms with van der Waals surface area (Å²) in [5.74, 6) is -0.0604. The zero-order chi connectivity index (χ0) is 15.5. The molecule has 3 rings (SSSR count). The fourth-order valence-electron chi connectivity index (χ4n) is 2.72. The Hall–Kier alpha value is -2.61. The van der Waals surface area contributed by atoms with Crippen molar-refractivity contribution in [3.05, 3.63) is 77.4 Å². The molecular weight excluding hydrogens is 270 g/mol. The van der Waals surface area contributed by atoms with Gasteiger partial charge in [0, 0.05) is 11.3 Å². The van der Waals surface area contributed by atoms with Crippen molar-refractivity contribution in [2.45, 2.75) is 20.3 Å². The van der Waals surface area contributed by atoms with Crippen LogP contribution in [-0.4, -0.2) is 5.91 Å². The first kappa shape index (κ1) is 14.3. The molecule has 0 saturated heterocycles. The summed E-state index contributed by atoms with van der Waals surface area (Å²) in [5.41, 5.74) is 3.87. The molecule has 0 unspecified atom stereocenters. The Bertz CT molecular complexity index is 836. The van der Waals surface area contributed by atoms with Gasteiger partial charge >= 0.3 is 0 Å². The lowest BCUT2D eigenvalue weighted by Crippen LogP contribution is -2.14. The standard InChI is InChI=1S/C20H19NO/c1-3-15-10-6-7-14(2)19(15)21-20(22)18-12-11-16-8-4-5-9-17(16)13-18/h4-13H,3H2,1-2H3,(H,21,22). The monoisotopic (exact) mass is 289 g/mol. The van der Waals surface area contributed by atoms with Crippen LogP contribution < -0.4 is 5.32 Å². The van der Waals surface area contributed by atoms with E-state index in [1.54, 1.807) is 0 Å². The first-order valence-corrected chi connectivity index (χ1v) is 7.57. The average molecular weight is 289 g/mol. The van der Waals surface area contributed by atoms with Gasteiger partial charge in [0.1, 0.15) is 0 Å². The number of amides is 1. The van der Waals surface area contributed by atoms with Crippen LogP contribution in [0.15, 0.2) is 60.7 Å². The maximum atomic E-state index is 12.6. The van der Waals surface area contributed by atoms with E-state index in [0.717, 1.165) is 34.0 Å². The number of benzene rings is 3. The number of fused-ring (bicyclic) bond motifs is 1. The van der Waals surface area contributed by atoms with E-state index in [4.69, 9.17) is 0 Å². The Morgan fingerprint density at radius 1 is 0.955 bits per heavy atom. The molecule has 1 N–H and O–H groups in total. The predicted molar refractivity (Wildman–Crippen MR) is 92.5 cm³/mol. The van der Waals surface area contributed by atoms with E-state index in [0.29, 0.717) is 5.56 Å². The molecule has 0 aromatic heterocycles. The molecule has 0 aliphatic rings. The van der Waals surface area contributed by atoms with E-state index in [1.807, 2.05) is 61.5 Å². The lowest BCUT2D eigenvalue weighted by Gasteiger charge is -2.13. The number of aryl methyl sites for hydroxylation is 2. The van der Waals surface area contributed by atoms with Gasteiger partial charge in [-0.2, -0.15) is 0 Å². The lowest BCUT2D eigenvalue weighted by atomic mass is 10.0. The van der Waals surface area contributed by atoms with Crippen LogP contribution in [0, 0.1) is 6.92 Å². The Kier molecular flexibility index (Phi) is 3.92. The molecule has 3 aromatic carbocycles. The second-order valence-electron chi connectivity index (χ2n) is 5.48. The fourth-order valence-corrected chi connectivity index (χ4v) is 2.72. The van der Waals surface area contributed by atoms with Crippen molar-refractivity contribution < 1.29 is 4.79 Å². The summed E-state index contributed by atoms with van der Waals surface area (Å²) < 4.78 is 0. The van der Waals surface area contributed by atoms with Gasteiger partial charge < -0.3 is 5.32 Å². The van der Waals surface area contributed by atoms with E-state index in [-0.39, 0.29) is 5.91 Å². The van der Waals surface area contributed by atoms with Gasteiger partial charge in [-0.25, -0.2) is 0 Å². The van der Waals surface area contributed by atoms with Crippen molar-refractivity contribution in [3.63, 3.8) is 0 Å². The number of carbonyl (C=O) groups excluding carboxylic acids is 1. The fraction of sp³-hybridized carbons (Fsp3) is 0.150. The number of carbonyl (C=O) groups is 1. The minimum absolute atomic E-state index is 0.0604. The van der Waals surface area contributed by atoms with Gasteiger partial charge in [0.25, 0.3) is 5.91 Å². The van der Waals surface area contributed by atoms with E-state index < -0.39 is 0 Å². The number of nitrogens with one attached hydrogen (secondary N) is 1. The van der Waals surface area contributed by atoms with Gasteiger partial charge in [-0.1, -0.05) is 55.5 Å². The molecule has 0 aliphatic carbocycles. The molecule has 1 amide bonds. The number of anilines is 1. The zero-order valence-corrected chi connectivity index (χ0v) is 12.9. The van der Waals surface area contributed by atoms with Crippen LogP contribution in [0.2, 0.25) is 0 Å². The molecule has 22 heavy (non-hydrogen) atoms. The summed E-state index contributed by atoms with van der Waals surface area (Å²) in [6.07, 6.45) is 0.898. The number of hydrogen-bond donors (Lipinski definition) is 1. The molecule has 0 radical (unpaired) electrons. The molecule has 0 atom stereocenters. The van der Waals surface area contributed by atoms with Gasteiger partial charge in [0.15, 0.2) is 0 Å². The molecule has 2 nitrogen and oxygen atoms in total. The third-order valence-electron chi connectivity index (χ3n) is 3.99. The Labute approximate surface area is 130 Å². The molecule has 0 bridgehead atoms. The third-order valence-corrected chi connectivity index (χ3v) is 3.99. The molecule has 0 aliphatic heterocycles. The van der Waals surface area contributed by atoms with Crippen LogP contribution in [0.1, 0.15) is 28.4 Å². The van der Waals surface area contributed by atoms with E-state index in [2.05, 4.69) is 18.3 Å². The number of para-hydroxylation sites is 1. The second kappa shape index (κ2) is 6.02. The summed E-state index contributed by atoms with van der Waals surface area (Å²) in [5, 5.41) is 5.29. The average Bonchev–Trinajstić information content (AvgIpc) is 2.56. The van der Waals surface area contributed by atoms with Crippen LogP contribution in [0.5, 0.6) is 0 Å². The summed E-state index contributed by atoms with van der Waals surface area (Å²) >= 11 is 0. The molecule has 3 aromatic rings. The van der Waals surface area contributed by atoms with Crippen LogP contribution >= 0.6 is 0 Å². The van der Waals surface area contributed by atoms with E-state index >= 15 is 0 Å². The molecule has 0 spiro atoms. The first-order chi connectivity index (χ1) is 10.7. The van der Waals surface area contributed by atoms with E-state index in [1.165, 1.54) is 0 Å². The molecule has 110 valence electrons. The molecular formula is C20H19NO. The molecule has 2 heteroatoms. The highest BCUT2D eigenvalue weighted by Gasteiger charge is 2.11. The number of rotatable bonds is 3. The highest BCUT2D eigenvalue weighted by Crippen LogP contribution is 2.23. The maximum Gasteiger partial charge on any atom is 0.255 e.